The summed E-state index contributed by atoms with van der Waals surface area (Å²) < 4.78 is 0. The number of hydrogen-bond donors (Lipinski definition) is 2. The molecule has 1 aromatic carbocycles. The molecule has 8 heteroatoms. The first-order chi connectivity index (χ1) is 9.58. The van der Waals surface area contributed by atoms with E-state index in [1.54, 1.807) is 30.1 Å². The van der Waals surface area contributed by atoms with Gasteiger partial charge in [-0.3, -0.25) is 14.9 Å². The van der Waals surface area contributed by atoms with E-state index in [1.165, 1.54) is 6.07 Å². The minimum atomic E-state index is -0.440. The number of hydrogen-bond acceptors (Lipinski definition) is 5. The molecular weight excluding hydrogens is 296 g/mol. The van der Waals surface area contributed by atoms with Crippen molar-refractivity contribution in [3.8, 4) is 0 Å². The third-order valence-corrected chi connectivity index (χ3v) is 3.30. The molecule has 2 N–H and O–H groups in total. The number of para-hydroxylation sites is 2. The molecule has 1 saturated heterocycles. The van der Waals surface area contributed by atoms with Crippen molar-refractivity contribution in [3.05, 3.63) is 34.4 Å². The Kier molecular flexibility index (Phi) is 6.39. The smallest absolute Gasteiger partial charge is 0.292 e. The molecule has 1 aliphatic heterocycles. The van der Waals surface area contributed by atoms with Crippen LogP contribution in [0.5, 0.6) is 0 Å². The number of benzene rings is 1. The molecule has 1 aromatic rings. The lowest BCUT2D eigenvalue weighted by atomic mass is 10.2. The minimum Gasteiger partial charge on any atom is -0.360 e. The third-order valence-electron chi connectivity index (χ3n) is 3.30. The van der Waals surface area contributed by atoms with Crippen LogP contribution in [0.2, 0.25) is 0 Å². The molecule has 1 fully saturated rings. The van der Waals surface area contributed by atoms with Crippen molar-refractivity contribution in [1.29, 1.82) is 0 Å². The average molecular weight is 315 g/mol. The average Bonchev–Trinajstić information content (AvgIpc) is 2.91. The molecule has 1 atom stereocenters. The highest BCUT2D eigenvalue weighted by Crippen LogP contribution is 2.26. The fourth-order valence-corrected chi connectivity index (χ4v) is 2.29. The third kappa shape index (κ3) is 4.57. The maximum atomic E-state index is 11.9. The molecular formula is C13H19ClN4O3. The summed E-state index contributed by atoms with van der Waals surface area (Å²) in [6.07, 6.45) is 0.918. The first kappa shape index (κ1) is 17.2. The molecule has 1 aliphatic rings. The molecule has 0 spiro atoms. The number of anilines is 1. The van der Waals surface area contributed by atoms with Crippen LogP contribution in [0.25, 0.3) is 0 Å². The van der Waals surface area contributed by atoms with Crippen LogP contribution >= 0.6 is 12.4 Å². The van der Waals surface area contributed by atoms with Crippen molar-refractivity contribution >= 4 is 29.7 Å². The van der Waals surface area contributed by atoms with E-state index in [2.05, 4.69) is 10.6 Å². The van der Waals surface area contributed by atoms with Gasteiger partial charge in [-0.1, -0.05) is 12.1 Å². The first-order valence-electron chi connectivity index (χ1n) is 6.52. The first-order valence-corrected chi connectivity index (χ1v) is 6.52. The van der Waals surface area contributed by atoms with Gasteiger partial charge in [0.1, 0.15) is 5.69 Å². The lowest BCUT2D eigenvalue weighted by Crippen LogP contribution is -2.42. The van der Waals surface area contributed by atoms with Crippen LogP contribution in [0.1, 0.15) is 6.42 Å². The van der Waals surface area contributed by atoms with Crippen molar-refractivity contribution in [3.63, 3.8) is 0 Å². The second-order valence-corrected chi connectivity index (χ2v) is 4.86. The van der Waals surface area contributed by atoms with E-state index in [1.807, 2.05) is 0 Å². The summed E-state index contributed by atoms with van der Waals surface area (Å²) in [5.41, 5.74) is 0.447. The predicted molar refractivity (Wildman–Crippen MR) is 83.0 cm³/mol. The number of nitro benzene ring substituents is 1. The van der Waals surface area contributed by atoms with Crippen molar-refractivity contribution in [2.24, 2.45) is 0 Å². The van der Waals surface area contributed by atoms with Gasteiger partial charge < -0.3 is 15.5 Å². The molecule has 0 aliphatic carbocycles. The maximum Gasteiger partial charge on any atom is 0.292 e. The number of carbonyl (C=O) groups is 1. The summed E-state index contributed by atoms with van der Waals surface area (Å²) in [4.78, 5) is 24.0. The fourth-order valence-electron chi connectivity index (χ4n) is 2.29. The molecule has 116 valence electrons. The number of carbonyl (C=O) groups excluding carboxylic acids is 1. The lowest BCUT2D eigenvalue weighted by Gasteiger charge is -2.20. The van der Waals surface area contributed by atoms with Crippen LogP contribution in [-0.2, 0) is 4.79 Å². The summed E-state index contributed by atoms with van der Waals surface area (Å²) in [7, 11) is 1.68. The number of nitro groups is 1. The minimum absolute atomic E-state index is 0. The van der Waals surface area contributed by atoms with E-state index in [9.17, 15) is 14.9 Å². The van der Waals surface area contributed by atoms with Crippen LogP contribution in [-0.4, -0.2) is 43.6 Å². The number of amides is 1. The van der Waals surface area contributed by atoms with E-state index in [-0.39, 0.29) is 36.6 Å². The van der Waals surface area contributed by atoms with E-state index in [4.69, 9.17) is 0 Å². The normalized spacial score (nSPS) is 16.9. The molecule has 1 heterocycles. The second-order valence-electron chi connectivity index (χ2n) is 4.86. The van der Waals surface area contributed by atoms with E-state index in [0.29, 0.717) is 5.69 Å². The van der Waals surface area contributed by atoms with Gasteiger partial charge in [0, 0.05) is 25.7 Å². The Morgan fingerprint density at radius 1 is 1.52 bits per heavy atom. The number of rotatable bonds is 5. The highest BCUT2D eigenvalue weighted by Gasteiger charge is 2.20. The largest absolute Gasteiger partial charge is 0.360 e. The molecule has 1 unspecified atom stereocenters. The van der Waals surface area contributed by atoms with Gasteiger partial charge in [0.15, 0.2) is 0 Å². The van der Waals surface area contributed by atoms with Gasteiger partial charge in [-0.25, -0.2) is 0 Å². The number of nitrogens with one attached hydrogen (secondary N) is 2. The Labute approximate surface area is 129 Å². The summed E-state index contributed by atoms with van der Waals surface area (Å²) in [5.74, 6) is -0.126. The highest BCUT2D eigenvalue weighted by atomic mass is 35.5. The van der Waals surface area contributed by atoms with Gasteiger partial charge in [0.25, 0.3) is 5.69 Å². The molecule has 7 nitrogen and oxygen atoms in total. The van der Waals surface area contributed by atoms with E-state index < -0.39 is 4.92 Å². The molecule has 1 amide bonds. The number of nitrogens with zero attached hydrogens (tertiary/aromatic N) is 2. The van der Waals surface area contributed by atoms with E-state index in [0.717, 1.165) is 19.5 Å². The molecule has 0 aromatic heterocycles. The second kappa shape index (κ2) is 7.80. The van der Waals surface area contributed by atoms with Gasteiger partial charge >= 0.3 is 0 Å². The van der Waals surface area contributed by atoms with E-state index >= 15 is 0 Å². The van der Waals surface area contributed by atoms with Crippen molar-refractivity contribution in [2.75, 3.05) is 31.6 Å². The van der Waals surface area contributed by atoms with Crippen LogP contribution in [0.3, 0.4) is 0 Å². The van der Waals surface area contributed by atoms with Crippen molar-refractivity contribution in [1.82, 2.24) is 10.6 Å². The summed E-state index contributed by atoms with van der Waals surface area (Å²) in [6.45, 7) is 1.78. The molecule has 0 bridgehead atoms. The SMILES string of the molecule is CN(CC(=O)NC1CCNC1)c1ccccc1[N+](=O)[O-].Cl. The van der Waals surface area contributed by atoms with Crippen LogP contribution < -0.4 is 15.5 Å². The van der Waals surface area contributed by atoms with Gasteiger partial charge in [0.05, 0.1) is 11.5 Å². The topological polar surface area (TPSA) is 87.5 Å². The summed E-state index contributed by atoms with van der Waals surface area (Å²) in [5, 5.41) is 17.0. The Bertz CT molecular complexity index is 506. The summed E-state index contributed by atoms with van der Waals surface area (Å²) in [6, 6.07) is 6.56. The zero-order valence-electron chi connectivity index (χ0n) is 11.7. The summed E-state index contributed by atoms with van der Waals surface area (Å²) >= 11 is 0. The fraction of sp³-hybridized carbons (Fsp3) is 0.462. The van der Waals surface area contributed by atoms with Crippen molar-refractivity contribution in [2.45, 2.75) is 12.5 Å². The zero-order valence-corrected chi connectivity index (χ0v) is 12.6. The Balaban J connectivity index is 0.00000220. The number of likely N-dealkylation sites (N-methyl/N-ethyl adjacent to an activating group) is 1. The Morgan fingerprint density at radius 3 is 2.86 bits per heavy atom. The zero-order chi connectivity index (χ0) is 14.5. The molecule has 21 heavy (non-hydrogen) atoms. The molecule has 2 rings (SSSR count). The van der Waals surface area contributed by atoms with Crippen LogP contribution in [0.4, 0.5) is 11.4 Å². The highest BCUT2D eigenvalue weighted by molar-refractivity contribution is 5.85. The molecule has 0 saturated carbocycles. The van der Waals surface area contributed by atoms with Gasteiger partial charge in [-0.2, -0.15) is 0 Å². The molecule has 0 radical (unpaired) electrons. The van der Waals surface area contributed by atoms with Gasteiger partial charge in [-0.05, 0) is 19.0 Å². The van der Waals surface area contributed by atoms with Crippen molar-refractivity contribution < 1.29 is 9.72 Å². The van der Waals surface area contributed by atoms with Crippen LogP contribution in [0, 0.1) is 10.1 Å². The lowest BCUT2D eigenvalue weighted by molar-refractivity contribution is -0.384. The quantitative estimate of drug-likeness (QED) is 0.623. The van der Waals surface area contributed by atoms with Gasteiger partial charge in [0.2, 0.25) is 5.91 Å². The van der Waals surface area contributed by atoms with Gasteiger partial charge in [-0.15, -0.1) is 12.4 Å². The monoisotopic (exact) mass is 314 g/mol. The van der Waals surface area contributed by atoms with Crippen LogP contribution in [0.15, 0.2) is 24.3 Å². The Hall–Kier alpha value is -1.86. The number of halogens is 1. The predicted octanol–water partition coefficient (Wildman–Crippen LogP) is 0.931. The standard InChI is InChI=1S/C13H18N4O3.ClH/c1-16(9-13(18)15-10-6-7-14-8-10)11-4-2-3-5-12(11)17(19)20;/h2-5,10,14H,6-9H2,1H3,(H,15,18);1H. The Morgan fingerprint density at radius 2 is 2.24 bits per heavy atom. The maximum absolute atomic E-state index is 11.9.